The molecular weight excluding hydrogens is 367 g/mol. The Labute approximate surface area is 188 Å². The number of benzene rings is 2. The summed E-state index contributed by atoms with van der Waals surface area (Å²) in [4.78, 5) is 22.6. The molecule has 0 aliphatic rings. The Kier molecular flexibility index (Phi) is 11.9. The van der Waals surface area contributed by atoms with Crippen LogP contribution in [0.1, 0.15) is 0 Å². The molecule has 2 aromatic carbocycles. The van der Waals surface area contributed by atoms with Crippen molar-refractivity contribution < 1.29 is 83.1 Å². The van der Waals surface area contributed by atoms with Gasteiger partial charge >= 0.3 is 59.1 Å². The standard InChI is InChI=1S/C14H14N3O5P.2Na/c18-14(10-22-23(19,20)21)15-12-8-4-5-9-13(12)17-16-11-6-2-1-3-7-11;;/h1-9H,10H2,(H,15,18)(H2,19,20,21);;/q;2*+1/p-2. The van der Waals surface area contributed by atoms with Gasteiger partial charge in [0, 0.05) is 0 Å². The zero-order valence-electron chi connectivity index (χ0n) is 13.8. The summed E-state index contributed by atoms with van der Waals surface area (Å²) in [5.74, 6) is -0.877. The van der Waals surface area contributed by atoms with E-state index in [4.69, 9.17) is 4.89 Å². The summed E-state index contributed by atoms with van der Waals surface area (Å²) in [6.45, 7) is -0.887. The van der Waals surface area contributed by atoms with Crippen LogP contribution in [0.4, 0.5) is 17.1 Å². The Balaban J connectivity index is 0.00000288. The Morgan fingerprint density at radius 3 is 2.16 bits per heavy atom. The summed E-state index contributed by atoms with van der Waals surface area (Å²) in [7, 11) is -4.96. The summed E-state index contributed by atoms with van der Waals surface area (Å²) in [6, 6.07) is 15.4. The summed E-state index contributed by atoms with van der Waals surface area (Å²) >= 11 is 0. The summed E-state index contributed by atoms with van der Waals surface area (Å²) < 4.78 is 14.4. The molecule has 120 valence electrons. The molecule has 0 aliphatic carbocycles. The van der Waals surface area contributed by atoms with E-state index in [1.165, 1.54) is 6.07 Å². The molecule has 0 aliphatic heterocycles. The van der Waals surface area contributed by atoms with Crippen molar-refractivity contribution in [3.8, 4) is 0 Å². The second-order valence-corrected chi connectivity index (χ2v) is 5.47. The third kappa shape index (κ3) is 9.77. The molecule has 8 nitrogen and oxygen atoms in total. The van der Waals surface area contributed by atoms with Crippen LogP contribution in [0.2, 0.25) is 0 Å². The molecule has 0 saturated heterocycles. The minimum Gasteiger partial charge on any atom is -0.860 e. The van der Waals surface area contributed by atoms with Crippen molar-refractivity contribution in [2.24, 2.45) is 15.2 Å². The molecule has 0 heterocycles. The van der Waals surface area contributed by atoms with Crippen molar-refractivity contribution >= 4 is 30.8 Å². The van der Waals surface area contributed by atoms with Gasteiger partial charge in [-0.1, -0.05) is 30.3 Å². The van der Waals surface area contributed by atoms with E-state index in [-0.39, 0.29) is 64.8 Å². The smallest absolute Gasteiger partial charge is 0.860 e. The van der Waals surface area contributed by atoms with Gasteiger partial charge in [-0.2, -0.15) is 5.11 Å². The van der Waals surface area contributed by atoms with Crippen LogP contribution in [-0.4, -0.2) is 17.4 Å². The molecule has 0 aromatic heterocycles. The molecule has 0 radical (unpaired) electrons. The fourth-order valence-corrected chi connectivity index (χ4v) is 1.83. The summed E-state index contributed by atoms with van der Waals surface area (Å²) in [5.41, 5.74) is 1.17. The topological polar surface area (TPSA) is 130 Å². The van der Waals surface area contributed by atoms with Crippen molar-refractivity contribution in [2.75, 3.05) is 6.61 Å². The quantitative estimate of drug-likeness (QED) is 0.180. The van der Waals surface area contributed by atoms with Crippen molar-refractivity contribution in [1.82, 2.24) is 0 Å². The predicted octanol–water partition coefficient (Wildman–Crippen LogP) is -4.02. The monoisotopic (exact) mass is 379 g/mol. The van der Waals surface area contributed by atoms with Crippen LogP contribution in [-0.2, 0) is 9.09 Å². The number of phosphoric ester groups is 1. The average molecular weight is 379 g/mol. The second-order valence-electron chi connectivity index (χ2n) is 4.27. The maximum atomic E-state index is 11.6. The van der Waals surface area contributed by atoms with Crippen molar-refractivity contribution in [3.05, 3.63) is 54.6 Å². The second kappa shape index (κ2) is 12.1. The van der Waals surface area contributed by atoms with Gasteiger partial charge in [0.15, 0.2) is 0 Å². The first-order valence-electron chi connectivity index (χ1n) is 6.43. The molecule has 0 saturated carbocycles. The first-order valence-corrected chi connectivity index (χ1v) is 7.92. The molecule has 25 heavy (non-hydrogen) atoms. The summed E-state index contributed by atoms with van der Waals surface area (Å²) in [5, 5.41) is 19.6. The van der Waals surface area contributed by atoms with Crippen LogP contribution in [0.25, 0.3) is 0 Å². The normalized spacial score (nSPS) is 13.6. The minimum atomic E-state index is -4.96. The van der Waals surface area contributed by atoms with Gasteiger partial charge < -0.3 is 19.4 Å². The number of hydrogen-bond acceptors (Lipinski definition) is 7. The van der Waals surface area contributed by atoms with E-state index in [0.29, 0.717) is 11.4 Å². The van der Waals surface area contributed by atoms with E-state index >= 15 is 0 Å². The fourth-order valence-electron chi connectivity index (χ4n) is 1.55. The number of phosphoric acid groups is 1. The maximum absolute atomic E-state index is 11.6. The average Bonchev–Trinajstić information content (AvgIpc) is 2.52. The number of rotatable bonds is 6. The molecule has 2 aromatic rings. The molecule has 0 spiro atoms. The number of hydrogen-bond donors (Lipinski definition) is 1. The number of azo groups is 1. The fraction of sp³-hybridized carbons (Fsp3) is 0.0714. The van der Waals surface area contributed by atoms with Crippen molar-refractivity contribution in [1.29, 1.82) is 0 Å². The van der Waals surface area contributed by atoms with Crippen LogP contribution in [0.5, 0.6) is 0 Å². The minimum absolute atomic E-state index is 0. The van der Waals surface area contributed by atoms with Gasteiger partial charge in [0.25, 0.3) is 7.82 Å². The third-order valence-corrected chi connectivity index (χ3v) is 2.96. The molecule has 1 atom stereocenters. The van der Waals surface area contributed by atoms with Crippen LogP contribution in [0, 0.1) is 0 Å². The predicted molar refractivity (Wildman–Crippen MR) is 79.9 cm³/mol. The zero-order valence-corrected chi connectivity index (χ0v) is 18.7. The Bertz CT molecular complexity index is 768. The zero-order chi connectivity index (χ0) is 16.7. The third-order valence-electron chi connectivity index (χ3n) is 2.51. The number of nitrogens with zero attached hydrogens (tertiary/aromatic N) is 3. The van der Waals surface area contributed by atoms with Crippen LogP contribution >= 0.6 is 7.82 Å². The molecule has 0 bridgehead atoms. The van der Waals surface area contributed by atoms with E-state index < -0.39 is 20.3 Å². The van der Waals surface area contributed by atoms with Gasteiger partial charge in [-0.3, -0.25) is 9.56 Å². The Morgan fingerprint density at radius 2 is 1.56 bits per heavy atom. The van der Waals surface area contributed by atoms with Crippen LogP contribution in [0.3, 0.4) is 0 Å². The molecule has 1 N–H and O–H groups in total. The van der Waals surface area contributed by atoms with E-state index in [1.54, 1.807) is 30.3 Å². The van der Waals surface area contributed by atoms with Crippen molar-refractivity contribution in [3.63, 3.8) is 0 Å². The van der Waals surface area contributed by atoms with E-state index in [1.807, 2.05) is 18.2 Å². The summed E-state index contributed by atoms with van der Waals surface area (Å²) in [6.07, 6.45) is 0. The first-order chi connectivity index (χ1) is 10.9. The van der Waals surface area contributed by atoms with Crippen LogP contribution in [0.15, 0.2) is 69.8 Å². The van der Waals surface area contributed by atoms with E-state index in [2.05, 4.69) is 19.7 Å². The van der Waals surface area contributed by atoms with E-state index in [9.17, 15) is 14.6 Å². The molecule has 2 rings (SSSR count). The Hall–Kier alpha value is -0.380. The van der Waals surface area contributed by atoms with Crippen molar-refractivity contribution in [2.45, 2.75) is 0 Å². The number of para-hydroxylation sites is 1. The van der Waals surface area contributed by atoms with Gasteiger partial charge in [0.1, 0.15) is 5.69 Å². The molecule has 0 amide bonds. The van der Waals surface area contributed by atoms with Gasteiger partial charge in [0.05, 0.1) is 18.0 Å². The van der Waals surface area contributed by atoms with Crippen LogP contribution < -0.4 is 69.1 Å². The van der Waals surface area contributed by atoms with Gasteiger partial charge in [-0.15, -0.1) is 5.11 Å². The molecule has 11 heteroatoms. The first kappa shape index (κ1) is 24.6. The van der Waals surface area contributed by atoms with Gasteiger partial charge in [-0.25, -0.2) is 0 Å². The van der Waals surface area contributed by atoms with Gasteiger partial charge in [0.2, 0.25) is 0 Å². The molecule has 1 unspecified atom stereocenters. The maximum Gasteiger partial charge on any atom is 1.00 e. The van der Waals surface area contributed by atoms with E-state index in [0.717, 1.165) is 0 Å². The SMILES string of the molecule is O=P([O-])(O)OCC([O-])=Nc1ccccc1N=Nc1ccccc1.[Na+].[Na+]. The Morgan fingerprint density at radius 1 is 1.00 bits per heavy atom. The number of aliphatic imine (C=N–C) groups is 1. The van der Waals surface area contributed by atoms with Gasteiger partial charge in [-0.05, 0) is 30.2 Å². The molecular formula is C14H12N3Na2O5P. The molecule has 0 fully saturated rings. The largest absolute Gasteiger partial charge is 1.00 e.